The van der Waals surface area contributed by atoms with Crippen LogP contribution in [0.1, 0.15) is 18.9 Å². The van der Waals surface area contributed by atoms with Crippen LogP contribution in [0, 0.1) is 0 Å². The summed E-state index contributed by atoms with van der Waals surface area (Å²) in [5, 5.41) is 2.74. The summed E-state index contributed by atoms with van der Waals surface area (Å²) in [6.45, 7) is 2.33. The van der Waals surface area contributed by atoms with E-state index in [1.54, 1.807) is 36.4 Å². The molecule has 1 amide bonds. The van der Waals surface area contributed by atoms with Crippen LogP contribution in [-0.2, 0) is 14.8 Å². The summed E-state index contributed by atoms with van der Waals surface area (Å²) in [5.74, 6) is 0.391. The summed E-state index contributed by atoms with van der Waals surface area (Å²) in [6, 6.07) is 13.6. The van der Waals surface area contributed by atoms with Gasteiger partial charge in [-0.15, -0.1) is 0 Å². The fourth-order valence-corrected chi connectivity index (χ4v) is 3.75. The lowest BCUT2D eigenvalue weighted by Crippen LogP contribution is -2.24. The van der Waals surface area contributed by atoms with Crippen LogP contribution in [0.3, 0.4) is 0 Å². The minimum absolute atomic E-state index is 0.164. The second-order valence-corrected chi connectivity index (χ2v) is 7.31. The standard InChI is InChI=1S/C18H19N3O4S/c1-2-11-25-15-9-5-4-8-14(15)20-17(22)12-19-18-13-7-3-6-10-16(13)26(23,24)21-18/h3-10H,2,11-12H2,1H3,(H,19,21)(H,20,22). The Bertz CT molecular complexity index is 954. The summed E-state index contributed by atoms with van der Waals surface area (Å²) in [4.78, 5) is 16.5. The Hall–Kier alpha value is -2.87. The lowest BCUT2D eigenvalue weighted by Gasteiger charge is -2.11. The molecule has 0 radical (unpaired) electrons. The third-order valence-electron chi connectivity index (χ3n) is 3.67. The van der Waals surface area contributed by atoms with Crippen molar-refractivity contribution in [3.05, 3.63) is 54.1 Å². The van der Waals surface area contributed by atoms with Gasteiger partial charge in [0, 0.05) is 5.56 Å². The van der Waals surface area contributed by atoms with Gasteiger partial charge in [-0.3, -0.25) is 14.5 Å². The van der Waals surface area contributed by atoms with Gasteiger partial charge in [-0.1, -0.05) is 31.2 Å². The van der Waals surface area contributed by atoms with E-state index in [4.69, 9.17) is 4.74 Å². The van der Waals surface area contributed by atoms with E-state index in [0.29, 0.717) is 23.6 Å². The van der Waals surface area contributed by atoms with Crippen molar-refractivity contribution in [3.63, 3.8) is 0 Å². The molecule has 136 valence electrons. The predicted molar refractivity (Wildman–Crippen MR) is 99.0 cm³/mol. The first kappa shape index (κ1) is 17.9. The van der Waals surface area contributed by atoms with E-state index >= 15 is 0 Å². The highest BCUT2D eigenvalue weighted by atomic mass is 32.2. The molecule has 7 nitrogen and oxygen atoms in total. The van der Waals surface area contributed by atoms with Crippen molar-refractivity contribution in [2.45, 2.75) is 18.2 Å². The number of amidine groups is 1. The zero-order chi connectivity index (χ0) is 18.6. The Morgan fingerprint density at radius 3 is 2.69 bits per heavy atom. The molecule has 3 rings (SSSR count). The molecule has 2 aromatic rings. The van der Waals surface area contributed by atoms with Crippen LogP contribution in [0.4, 0.5) is 5.69 Å². The molecule has 0 aliphatic carbocycles. The molecule has 2 N–H and O–H groups in total. The van der Waals surface area contributed by atoms with Gasteiger partial charge in [0.2, 0.25) is 5.91 Å². The number of hydrogen-bond acceptors (Lipinski definition) is 5. The minimum Gasteiger partial charge on any atom is -0.491 e. The third kappa shape index (κ3) is 3.85. The number of fused-ring (bicyclic) bond motifs is 1. The topological polar surface area (TPSA) is 96.9 Å². The van der Waals surface area contributed by atoms with E-state index in [2.05, 4.69) is 15.0 Å². The van der Waals surface area contributed by atoms with E-state index in [0.717, 1.165) is 6.42 Å². The van der Waals surface area contributed by atoms with Crippen LogP contribution in [0.5, 0.6) is 5.75 Å². The second-order valence-electron chi connectivity index (χ2n) is 5.66. The molecular weight excluding hydrogens is 354 g/mol. The quantitative estimate of drug-likeness (QED) is 0.811. The Morgan fingerprint density at radius 2 is 1.88 bits per heavy atom. The highest BCUT2D eigenvalue weighted by molar-refractivity contribution is 7.90. The molecule has 1 aliphatic heterocycles. The molecule has 2 aromatic carbocycles. The Balaban J connectivity index is 1.72. The van der Waals surface area contributed by atoms with E-state index < -0.39 is 10.0 Å². The van der Waals surface area contributed by atoms with E-state index in [1.807, 2.05) is 13.0 Å². The second kappa shape index (κ2) is 7.57. The average molecular weight is 373 g/mol. The highest BCUT2D eigenvalue weighted by Crippen LogP contribution is 2.24. The first-order chi connectivity index (χ1) is 12.5. The predicted octanol–water partition coefficient (Wildman–Crippen LogP) is 2.15. The number of para-hydroxylation sites is 2. The van der Waals surface area contributed by atoms with Crippen molar-refractivity contribution in [2.75, 3.05) is 18.5 Å². The molecule has 0 saturated heterocycles. The zero-order valence-corrected chi connectivity index (χ0v) is 15.0. The molecule has 0 saturated carbocycles. The van der Waals surface area contributed by atoms with Crippen LogP contribution in [-0.4, -0.2) is 33.3 Å². The number of carbonyl (C=O) groups excluding carboxylic acids is 1. The minimum atomic E-state index is -3.61. The van der Waals surface area contributed by atoms with Gasteiger partial charge in [-0.2, -0.15) is 0 Å². The number of sulfonamides is 1. The molecule has 0 bridgehead atoms. The summed E-state index contributed by atoms with van der Waals surface area (Å²) in [6.07, 6.45) is 0.857. The van der Waals surface area contributed by atoms with E-state index in [9.17, 15) is 13.2 Å². The Kier molecular flexibility index (Phi) is 5.22. The summed E-state index contributed by atoms with van der Waals surface area (Å²) >= 11 is 0. The van der Waals surface area contributed by atoms with Crippen LogP contribution < -0.4 is 14.8 Å². The Morgan fingerprint density at radius 1 is 1.15 bits per heavy atom. The molecular formula is C18H19N3O4S. The van der Waals surface area contributed by atoms with Crippen LogP contribution in [0.2, 0.25) is 0 Å². The molecule has 26 heavy (non-hydrogen) atoms. The lowest BCUT2D eigenvalue weighted by atomic mass is 10.2. The fourth-order valence-electron chi connectivity index (χ4n) is 2.50. The van der Waals surface area contributed by atoms with Gasteiger partial charge in [0.1, 0.15) is 18.1 Å². The SMILES string of the molecule is CCCOc1ccccc1NC(=O)CN=C1NS(=O)(=O)c2ccccc21. The molecule has 0 aromatic heterocycles. The number of benzene rings is 2. The molecule has 8 heteroatoms. The number of ether oxygens (including phenoxy) is 1. The van der Waals surface area contributed by atoms with Gasteiger partial charge in [0.05, 0.1) is 17.2 Å². The lowest BCUT2D eigenvalue weighted by molar-refractivity contribution is -0.114. The molecule has 0 spiro atoms. The van der Waals surface area contributed by atoms with Crippen LogP contribution in [0.15, 0.2) is 58.4 Å². The molecule has 0 atom stereocenters. The van der Waals surface area contributed by atoms with E-state index in [-0.39, 0.29) is 23.2 Å². The van der Waals surface area contributed by atoms with Crippen molar-refractivity contribution in [2.24, 2.45) is 4.99 Å². The van der Waals surface area contributed by atoms with Crippen molar-refractivity contribution >= 4 is 27.5 Å². The number of nitrogens with one attached hydrogen (secondary N) is 2. The number of rotatable bonds is 6. The van der Waals surface area contributed by atoms with Crippen molar-refractivity contribution in [1.82, 2.24) is 4.72 Å². The Labute approximate surface area is 152 Å². The van der Waals surface area contributed by atoms with Crippen molar-refractivity contribution < 1.29 is 17.9 Å². The number of amides is 1. The molecule has 1 aliphatic rings. The van der Waals surface area contributed by atoms with Crippen LogP contribution in [0.25, 0.3) is 0 Å². The smallest absolute Gasteiger partial charge is 0.263 e. The van der Waals surface area contributed by atoms with Gasteiger partial charge in [0.15, 0.2) is 0 Å². The number of nitrogens with zero attached hydrogens (tertiary/aromatic N) is 1. The fraction of sp³-hybridized carbons (Fsp3) is 0.222. The monoisotopic (exact) mass is 373 g/mol. The van der Waals surface area contributed by atoms with Crippen LogP contribution >= 0.6 is 0 Å². The van der Waals surface area contributed by atoms with Gasteiger partial charge in [0.25, 0.3) is 10.0 Å². The summed E-state index contributed by atoms with van der Waals surface area (Å²) in [5.41, 5.74) is 1.02. The van der Waals surface area contributed by atoms with Gasteiger partial charge in [-0.25, -0.2) is 8.42 Å². The molecule has 0 fully saturated rings. The number of hydrogen-bond donors (Lipinski definition) is 2. The number of anilines is 1. The third-order valence-corrected chi connectivity index (χ3v) is 5.06. The maximum absolute atomic E-state index is 12.2. The number of aliphatic imine (C=N–C) groups is 1. The number of carbonyl (C=O) groups is 1. The first-order valence-electron chi connectivity index (χ1n) is 8.19. The maximum atomic E-state index is 12.2. The summed E-state index contributed by atoms with van der Waals surface area (Å²) in [7, 11) is -3.61. The van der Waals surface area contributed by atoms with Gasteiger partial charge in [-0.05, 0) is 30.7 Å². The van der Waals surface area contributed by atoms with Crippen molar-refractivity contribution in [1.29, 1.82) is 0 Å². The van der Waals surface area contributed by atoms with Gasteiger partial charge < -0.3 is 10.1 Å². The molecule has 0 unspecified atom stereocenters. The van der Waals surface area contributed by atoms with Gasteiger partial charge >= 0.3 is 0 Å². The van der Waals surface area contributed by atoms with E-state index in [1.165, 1.54) is 6.07 Å². The largest absolute Gasteiger partial charge is 0.491 e. The molecule has 1 heterocycles. The maximum Gasteiger partial charge on any atom is 0.263 e. The first-order valence-corrected chi connectivity index (χ1v) is 9.68. The normalized spacial score (nSPS) is 16.0. The zero-order valence-electron chi connectivity index (χ0n) is 14.2. The summed E-state index contributed by atoms with van der Waals surface area (Å²) < 4.78 is 32.0. The van der Waals surface area contributed by atoms with Crippen molar-refractivity contribution in [3.8, 4) is 5.75 Å². The average Bonchev–Trinajstić information content (AvgIpc) is 2.90. The highest BCUT2D eigenvalue weighted by Gasteiger charge is 2.30.